The molecule has 0 atom stereocenters. The van der Waals surface area contributed by atoms with Gasteiger partial charge in [-0.15, -0.1) is 0 Å². The largest absolute Gasteiger partial charge is 0.447 e. The lowest BCUT2D eigenvalue weighted by Gasteiger charge is -2.32. The van der Waals surface area contributed by atoms with Crippen LogP contribution in [-0.4, -0.2) is 49.7 Å². The lowest BCUT2D eigenvalue weighted by Crippen LogP contribution is -2.40. The number of hydrogen-bond donors (Lipinski definition) is 0. The Balaban J connectivity index is 1.52. The Morgan fingerprint density at radius 3 is 2.69 bits per heavy atom. The molecule has 0 aliphatic carbocycles. The van der Waals surface area contributed by atoms with E-state index in [4.69, 9.17) is 9.47 Å². The van der Waals surface area contributed by atoms with Gasteiger partial charge in [0.25, 0.3) is 0 Å². The van der Waals surface area contributed by atoms with Crippen LogP contribution in [0.5, 0.6) is 11.6 Å². The van der Waals surface area contributed by atoms with E-state index in [1.165, 1.54) is 6.33 Å². The summed E-state index contributed by atoms with van der Waals surface area (Å²) in [5, 5.41) is 0.859. The summed E-state index contributed by atoms with van der Waals surface area (Å²) >= 11 is 0. The summed E-state index contributed by atoms with van der Waals surface area (Å²) < 4.78 is 13.5. The first kappa shape index (κ1) is 19.2. The second-order valence-corrected chi connectivity index (χ2v) is 7.48. The Bertz CT molecular complexity index is 1010. The second kappa shape index (κ2) is 8.06. The summed E-state index contributed by atoms with van der Waals surface area (Å²) in [6.07, 6.45) is 6.63. The number of hydrogen-bond acceptors (Lipinski definition) is 6. The van der Waals surface area contributed by atoms with Crippen LogP contribution in [0.1, 0.15) is 38.4 Å². The SMILES string of the molecule is Cc1ncccc1Oc1ncnc2c1ccn2C1CCN(C(=O)OC(C)C)CC1. The fourth-order valence-electron chi connectivity index (χ4n) is 3.61. The number of aryl methyl sites for hydroxylation is 1. The second-order valence-electron chi connectivity index (χ2n) is 7.48. The standard InChI is InChI=1S/C21H25N5O3/c1-14(2)28-21(27)25-10-6-16(7-11-25)26-12-8-17-19(26)23-13-24-20(17)29-18-5-4-9-22-15(18)3/h4-5,8-9,12-14,16H,6-7,10-11H2,1-3H3. The lowest BCUT2D eigenvalue weighted by molar-refractivity contribution is 0.0663. The number of ether oxygens (including phenoxy) is 2. The highest BCUT2D eigenvalue weighted by molar-refractivity contribution is 5.81. The van der Waals surface area contributed by atoms with Crippen LogP contribution in [-0.2, 0) is 4.74 Å². The monoisotopic (exact) mass is 395 g/mol. The normalized spacial score (nSPS) is 15.1. The number of piperidine rings is 1. The fourth-order valence-corrected chi connectivity index (χ4v) is 3.61. The molecule has 3 aromatic rings. The number of nitrogens with zero attached hydrogens (tertiary/aromatic N) is 5. The molecule has 0 saturated carbocycles. The molecular weight excluding hydrogens is 370 g/mol. The number of likely N-dealkylation sites (tertiary alicyclic amines) is 1. The molecule has 1 saturated heterocycles. The van der Waals surface area contributed by atoms with Gasteiger partial charge in [-0.05, 0) is 51.8 Å². The van der Waals surface area contributed by atoms with Crippen molar-refractivity contribution < 1.29 is 14.3 Å². The Labute approximate surface area is 169 Å². The molecule has 8 nitrogen and oxygen atoms in total. The quantitative estimate of drug-likeness (QED) is 0.661. The van der Waals surface area contributed by atoms with Gasteiger partial charge < -0.3 is 18.9 Å². The van der Waals surface area contributed by atoms with Gasteiger partial charge in [-0.2, -0.15) is 0 Å². The number of pyridine rings is 1. The summed E-state index contributed by atoms with van der Waals surface area (Å²) in [4.78, 5) is 27.0. The number of amides is 1. The highest BCUT2D eigenvalue weighted by Gasteiger charge is 2.26. The smallest absolute Gasteiger partial charge is 0.410 e. The van der Waals surface area contributed by atoms with E-state index >= 15 is 0 Å². The summed E-state index contributed by atoms with van der Waals surface area (Å²) in [6.45, 7) is 6.96. The topological polar surface area (TPSA) is 82.4 Å². The molecule has 0 unspecified atom stereocenters. The third-order valence-corrected chi connectivity index (χ3v) is 5.09. The molecule has 0 N–H and O–H groups in total. The summed E-state index contributed by atoms with van der Waals surface area (Å²) in [6, 6.07) is 5.96. The average molecular weight is 395 g/mol. The molecule has 1 fully saturated rings. The molecule has 0 aromatic carbocycles. The van der Waals surface area contributed by atoms with Gasteiger partial charge in [-0.1, -0.05) is 0 Å². The van der Waals surface area contributed by atoms with Gasteiger partial charge in [-0.3, -0.25) is 4.98 Å². The molecule has 4 rings (SSSR count). The summed E-state index contributed by atoms with van der Waals surface area (Å²) in [5.41, 5.74) is 1.64. The minimum Gasteiger partial charge on any atom is -0.447 e. The summed E-state index contributed by atoms with van der Waals surface area (Å²) in [7, 11) is 0. The first-order valence-corrected chi connectivity index (χ1v) is 9.89. The van der Waals surface area contributed by atoms with E-state index in [1.54, 1.807) is 11.1 Å². The Morgan fingerprint density at radius 1 is 1.17 bits per heavy atom. The van der Waals surface area contributed by atoms with E-state index in [2.05, 4.69) is 19.5 Å². The van der Waals surface area contributed by atoms with Gasteiger partial charge in [0.15, 0.2) is 5.75 Å². The van der Waals surface area contributed by atoms with Gasteiger partial charge in [0, 0.05) is 31.5 Å². The van der Waals surface area contributed by atoms with E-state index in [0.29, 0.717) is 24.7 Å². The van der Waals surface area contributed by atoms with Crippen LogP contribution >= 0.6 is 0 Å². The van der Waals surface area contributed by atoms with E-state index in [9.17, 15) is 4.79 Å². The maximum atomic E-state index is 12.1. The molecule has 8 heteroatoms. The zero-order valence-corrected chi connectivity index (χ0v) is 16.9. The van der Waals surface area contributed by atoms with Crippen molar-refractivity contribution in [3.8, 4) is 11.6 Å². The van der Waals surface area contributed by atoms with E-state index in [-0.39, 0.29) is 18.2 Å². The molecule has 1 aliphatic rings. The first-order chi connectivity index (χ1) is 14.0. The molecule has 152 valence electrons. The van der Waals surface area contributed by atoms with Crippen LogP contribution in [0.25, 0.3) is 11.0 Å². The lowest BCUT2D eigenvalue weighted by atomic mass is 10.1. The number of rotatable bonds is 4. The van der Waals surface area contributed by atoms with Gasteiger partial charge in [0.05, 0.1) is 17.2 Å². The first-order valence-electron chi connectivity index (χ1n) is 9.89. The Kier molecular flexibility index (Phi) is 5.33. The predicted molar refractivity (Wildman–Crippen MR) is 108 cm³/mol. The van der Waals surface area contributed by atoms with Crippen molar-refractivity contribution in [2.45, 2.75) is 45.8 Å². The van der Waals surface area contributed by atoms with E-state index in [1.807, 2.05) is 45.2 Å². The Hall–Kier alpha value is -3.16. The van der Waals surface area contributed by atoms with Gasteiger partial charge in [0.2, 0.25) is 5.88 Å². The van der Waals surface area contributed by atoms with Crippen molar-refractivity contribution in [3.63, 3.8) is 0 Å². The summed E-state index contributed by atoms with van der Waals surface area (Å²) in [5.74, 6) is 1.19. The highest BCUT2D eigenvalue weighted by atomic mass is 16.6. The maximum Gasteiger partial charge on any atom is 0.410 e. The molecule has 4 heterocycles. The van der Waals surface area contributed by atoms with Crippen molar-refractivity contribution in [1.29, 1.82) is 0 Å². The van der Waals surface area contributed by atoms with Gasteiger partial charge in [0.1, 0.15) is 12.0 Å². The van der Waals surface area contributed by atoms with Gasteiger partial charge in [-0.25, -0.2) is 14.8 Å². The molecule has 1 aliphatic heterocycles. The number of fused-ring (bicyclic) bond motifs is 1. The van der Waals surface area contributed by atoms with E-state index in [0.717, 1.165) is 29.6 Å². The molecule has 1 amide bonds. The number of carbonyl (C=O) groups excluding carboxylic acids is 1. The fraction of sp³-hybridized carbons (Fsp3) is 0.429. The van der Waals surface area contributed by atoms with E-state index < -0.39 is 0 Å². The highest BCUT2D eigenvalue weighted by Crippen LogP contribution is 2.32. The molecule has 0 radical (unpaired) electrons. The zero-order valence-electron chi connectivity index (χ0n) is 16.9. The number of aromatic nitrogens is 4. The molecule has 0 bridgehead atoms. The van der Waals surface area contributed by atoms with Crippen molar-refractivity contribution >= 4 is 17.1 Å². The van der Waals surface area contributed by atoms with Crippen LogP contribution in [0.3, 0.4) is 0 Å². The molecule has 29 heavy (non-hydrogen) atoms. The predicted octanol–water partition coefficient (Wildman–Crippen LogP) is 4.11. The molecule has 0 spiro atoms. The van der Waals surface area contributed by atoms with Crippen molar-refractivity contribution in [2.75, 3.05) is 13.1 Å². The van der Waals surface area contributed by atoms with Gasteiger partial charge >= 0.3 is 6.09 Å². The molecule has 3 aromatic heterocycles. The van der Waals surface area contributed by atoms with Crippen LogP contribution in [0.2, 0.25) is 0 Å². The maximum absolute atomic E-state index is 12.1. The van der Waals surface area contributed by atoms with Crippen LogP contribution in [0, 0.1) is 6.92 Å². The third-order valence-electron chi connectivity index (χ3n) is 5.09. The van der Waals surface area contributed by atoms with Crippen LogP contribution in [0.4, 0.5) is 4.79 Å². The molecular formula is C21H25N5O3. The van der Waals surface area contributed by atoms with Crippen molar-refractivity contribution in [2.24, 2.45) is 0 Å². The van der Waals surface area contributed by atoms with Crippen molar-refractivity contribution in [1.82, 2.24) is 24.4 Å². The minimum atomic E-state index is -0.235. The number of carbonyl (C=O) groups is 1. The van der Waals surface area contributed by atoms with Crippen molar-refractivity contribution in [3.05, 3.63) is 42.6 Å². The third kappa shape index (κ3) is 4.01. The minimum absolute atomic E-state index is 0.104. The van der Waals surface area contributed by atoms with Crippen LogP contribution in [0.15, 0.2) is 36.9 Å². The Morgan fingerprint density at radius 2 is 1.97 bits per heavy atom. The average Bonchev–Trinajstić information content (AvgIpc) is 3.14. The van der Waals surface area contributed by atoms with Crippen LogP contribution < -0.4 is 4.74 Å². The zero-order chi connectivity index (χ0) is 20.4.